The topological polar surface area (TPSA) is 69.0 Å². The largest absolute Gasteiger partial charge is 0.355 e. The number of nitrogens with zero attached hydrogens (tertiary/aromatic N) is 6. The number of carbonyl (C=O) groups is 1. The van der Waals surface area contributed by atoms with E-state index in [0.29, 0.717) is 13.1 Å². The van der Waals surface area contributed by atoms with Crippen LogP contribution in [0, 0.1) is 0 Å². The molecule has 2 fully saturated rings. The van der Waals surface area contributed by atoms with Crippen molar-refractivity contribution in [2.45, 2.75) is 18.9 Å². The number of nitrogens with one attached hydrogen (secondary N) is 1. The van der Waals surface area contributed by atoms with Crippen molar-refractivity contribution in [1.82, 2.24) is 24.9 Å². The average molecular weight is 333 g/mol. The summed E-state index contributed by atoms with van der Waals surface area (Å²) in [5.41, 5.74) is 0.858. The Balaban J connectivity index is 1.50. The van der Waals surface area contributed by atoms with Gasteiger partial charge in [0, 0.05) is 52.5 Å². The van der Waals surface area contributed by atoms with Gasteiger partial charge in [0.2, 0.25) is 5.91 Å². The predicted octanol–water partition coefficient (Wildman–Crippen LogP) is -0.262. The summed E-state index contributed by atoms with van der Waals surface area (Å²) in [5.74, 6) is 0.880. The van der Waals surface area contributed by atoms with E-state index < -0.39 is 0 Å². The lowest BCUT2D eigenvalue weighted by molar-refractivity contribution is -0.120. The van der Waals surface area contributed by atoms with E-state index in [2.05, 4.69) is 27.4 Å². The minimum absolute atomic E-state index is 0.0762. The van der Waals surface area contributed by atoms with Crippen molar-refractivity contribution in [2.75, 3.05) is 51.7 Å². The molecule has 8 nitrogen and oxygen atoms in total. The number of rotatable bonds is 5. The number of hydrogen-bond donors (Lipinski definition) is 1. The maximum Gasteiger partial charge on any atom is 0.246 e. The van der Waals surface area contributed by atoms with Crippen LogP contribution in [0.25, 0.3) is 0 Å². The van der Waals surface area contributed by atoms with Gasteiger partial charge in [-0.15, -0.1) is 0 Å². The molecule has 1 saturated carbocycles. The Morgan fingerprint density at radius 2 is 2.25 bits per heavy atom. The molecule has 8 heteroatoms. The summed E-state index contributed by atoms with van der Waals surface area (Å²) < 4.78 is 1.71. The number of piperazine rings is 1. The van der Waals surface area contributed by atoms with Crippen LogP contribution >= 0.6 is 0 Å². The fourth-order valence-corrected chi connectivity index (χ4v) is 3.05. The molecule has 1 saturated heterocycles. The average Bonchev–Trinajstić information content (AvgIpc) is 3.33. The van der Waals surface area contributed by atoms with Crippen LogP contribution in [-0.4, -0.2) is 84.3 Å². The maximum absolute atomic E-state index is 12.5. The van der Waals surface area contributed by atoms with Gasteiger partial charge < -0.3 is 20.0 Å². The number of hydrogen-bond acceptors (Lipinski definition) is 4. The number of likely N-dealkylation sites (N-methyl/N-ethyl adjacent to an activating group) is 1. The Hall–Kier alpha value is -2.09. The van der Waals surface area contributed by atoms with E-state index in [4.69, 9.17) is 0 Å². The van der Waals surface area contributed by atoms with Gasteiger partial charge in [-0.2, -0.15) is 5.10 Å². The van der Waals surface area contributed by atoms with Crippen LogP contribution in [0.3, 0.4) is 0 Å². The molecule has 1 aromatic rings. The molecule has 24 heavy (non-hydrogen) atoms. The molecule has 1 amide bonds. The van der Waals surface area contributed by atoms with Crippen LogP contribution < -0.4 is 10.2 Å². The van der Waals surface area contributed by atoms with E-state index >= 15 is 0 Å². The first-order valence-electron chi connectivity index (χ1n) is 8.53. The molecule has 3 rings (SSSR count). The number of aryl methyl sites for hydroxylation is 1. The smallest absolute Gasteiger partial charge is 0.246 e. The summed E-state index contributed by atoms with van der Waals surface area (Å²) in [5, 5.41) is 7.52. The fraction of sp³-hybridized carbons (Fsp3) is 0.688. The van der Waals surface area contributed by atoms with Gasteiger partial charge in [0.15, 0.2) is 5.96 Å². The molecule has 1 aliphatic carbocycles. The molecule has 2 aliphatic rings. The van der Waals surface area contributed by atoms with E-state index in [0.717, 1.165) is 37.3 Å². The molecule has 132 valence electrons. The second-order valence-corrected chi connectivity index (χ2v) is 6.52. The van der Waals surface area contributed by atoms with Crippen LogP contribution in [0.5, 0.6) is 0 Å². The molecule has 0 bridgehead atoms. The Bertz CT molecular complexity index is 607. The molecule has 2 heterocycles. The van der Waals surface area contributed by atoms with E-state index in [-0.39, 0.29) is 5.91 Å². The number of guanidine groups is 1. The SMILES string of the molecule is CN=C(NCCN(C)C1CC1)N1CCN(c2cnn(C)c2)C(=O)C1. The molecular weight excluding hydrogens is 306 g/mol. The number of anilines is 1. The van der Waals surface area contributed by atoms with Gasteiger partial charge in [-0.3, -0.25) is 14.5 Å². The van der Waals surface area contributed by atoms with Crippen molar-refractivity contribution in [1.29, 1.82) is 0 Å². The molecule has 0 atom stereocenters. The highest BCUT2D eigenvalue weighted by Crippen LogP contribution is 2.24. The zero-order valence-electron chi connectivity index (χ0n) is 14.8. The van der Waals surface area contributed by atoms with Gasteiger partial charge in [0.1, 0.15) is 6.54 Å². The molecule has 0 unspecified atom stereocenters. The lowest BCUT2D eigenvalue weighted by atomic mass is 10.3. The monoisotopic (exact) mass is 333 g/mol. The Labute approximate surface area is 143 Å². The number of aromatic nitrogens is 2. The van der Waals surface area contributed by atoms with E-state index in [1.807, 2.05) is 18.1 Å². The van der Waals surface area contributed by atoms with Crippen molar-refractivity contribution in [3.8, 4) is 0 Å². The lowest BCUT2D eigenvalue weighted by Gasteiger charge is -2.35. The quantitative estimate of drug-likeness (QED) is 0.594. The molecular formula is C16H27N7O. The van der Waals surface area contributed by atoms with Gasteiger partial charge >= 0.3 is 0 Å². The summed E-state index contributed by atoms with van der Waals surface area (Å²) in [6.45, 7) is 3.59. The van der Waals surface area contributed by atoms with Crippen LogP contribution in [0.2, 0.25) is 0 Å². The lowest BCUT2D eigenvalue weighted by Crippen LogP contribution is -2.55. The number of carbonyl (C=O) groups excluding carboxylic acids is 1. The van der Waals surface area contributed by atoms with Crippen molar-refractivity contribution in [3.05, 3.63) is 12.4 Å². The molecule has 1 aromatic heterocycles. The summed E-state index contributed by atoms with van der Waals surface area (Å²) in [7, 11) is 5.79. The second-order valence-electron chi connectivity index (χ2n) is 6.52. The molecule has 0 radical (unpaired) electrons. The Kier molecular flexibility index (Phi) is 5.03. The summed E-state index contributed by atoms with van der Waals surface area (Å²) in [4.78, 5) is 23.0. The van der Waals surface area contributed by atoms with Crippen molar-refractivity contribution >= 4 is 17.6 Å². The van der Waals surface area contributed by atoms with Gasteiger partial charge in [-0.25, -0.2) is 0 Å². The van der Waals surface area contributed by atoms with Crippen LogP contribution in [0.1, 0.15) is 12.8 Å². The third-order valence-electron chi connectivity index (χ3n) is 4.65. The van der Waals surface area contributed by atoms with E-state index in [1.165, 1.54) is 12.8 Å². The van der Waals surface area contributed by atoms with Gasteiger partial charge in [-0.1, -0.05) is 0 Å². The van der Waals surface area contributed by atoms with Gasteiger partial charge in [0.05, 0.1) is 11.9 Å². The van der Waals surface area contributed by atoms with E-state index in [9.17, 15) is 4.79 Å². The summed E-state index contributed by atoms with van der Waals surface area (Å²) >= 11 is 0. The zero-order chi connectivity index (χ0) is 17.1. The highest BCUT2D eigenvalue weighted by Gasteiger charge is 2.28. The standard InChI is InChI=1S/C16H27N7O/c1-17-16(18-6-7-20(2)13-4-5-13)22-8-9-23(15(24)12-22)14-10-19-21(3)11-14/h10-11,13H,4-9,12H2,1-3H3,(H,17,18). The first-order chi connectivity index (χ1) is 11.6. The van der Waals surface area contributed by atoms with Crippen molar-refractivity contribution < 1.29 is 4.79 Å². The minimum Gasteiger partial charge on any atom is -0.355 e. The summed E-state index contributed by atoms with van der Waals surface area (Å²) in [6, 6.07) is 0.762. The molecule has 0 aromatic carbocycles. The highest BCUT2D eigenvalue weighted by atomic mass is 16.2. The van der Waals surface area contributed by atoms with Gasteiger partial charge in [0.25, 0.3) is 0 Å². The van der Waals surface area contributed by atoms with Gasteiger partial charge in [-0.05, 0) is 19.9 Å². The number of amides is 1. The third kappa shape index (κ3) is 3.87. The Morgan fingerprint density at radius 3 is 2.83 bits per heavy atom. The van der Waals surface area contributed by atoms with Crippen molar-refractivity contribution in [3.63, 3.8) is 0 Å². The second kappa shape index (κ2) is 7.21. The molecule has 0 spiro atoms. The molecule has 1 aliphatic heterocycles. The highest BCUT2D eigenvalue weighted by molar-refractivity contribution is 5.98. The minimum atomic E-state index is 0.0762. The predicted molar refractivity (Wildman–Crippen MR) is 94.1 cm³/mol. The van der Waals surface area contributed by atoms with E-state index in [1.54, 1.807) is 22.8 Å². The zero-order valence-corrected chi connectivity index (χ0v) is 14.8. The van der Waals surface area contributed by atoms with Crippen molar-refractivity contribution in [2.24, 2.45) is 12.0 Å². The first-order valence-corrected chi connectivity index (χ1v) is 8.53. The third-order valence-corrected chi connectivity index (χ3v) is 4.65. The van der Waals surface area contributed by atoms with Crippen LogP contribution in [-0.2, 0) is 11.8 Å². The fourth-order valence-electron chi connectivity index (χ4n) is 3.05. The maximum atomic E-state index is 12.5. The normalized spacial score (nSPS) is 19.3. The first kappa shape index (κ1) is 16.8. The Morgan fingerprint density at radius 1 is 1.46 bits per heavy atom. The van der Waals surface area contributed by atoms with Crippen LogP contribution in [0.15, 0.2) is 17.4 Å². The molecule has 1 N–H and O–H groups in total. The summed E-state index contributed by atoms with van der Waals surface area (Å²) in [6.07, 6.45) is 6.23. The number of aliphatic imine (C=N–C) groups is 1. The van der Waals surface area contributed by atoms with Crippen LogP contribution in [0.4, 0.5) is 5.69 Å².